The van der Waals surface area contributed by atoms with Crippen LogP contribution in [0, 0.1) is 24.6 Å². The predicted molar refractivity (Wildman–Crippen MR) is 81.8 cm³/mol. The minimum atomic E-state index is -0.291. The van der Waals surface area contributed by atoms with Crippen molar-refractivity contribution in [1.29, 1.82) is 0 Å². The molecule has 1 nitrogen and oxygen atoms in total. The maximum Gasteiger partial charge on any atom is 0.139 e. The summed E-state index contributed by atoms with van der Waals surface area (Å²) in [5.74, 6) is 5.68. The van der Waals surface area contributed by atoms with Crippen LogP contribution in [0.3, 0.4) is 0 Å². The van der Waals surface area contributed by atoms with Crippen molar-refractivity contribution < 1.29 is 4.39 Å². The van der Waals surface area contributed by atoms with Gasteiger partial charge in [-0.1, -0.05) is 42.7 Å². The first-order valence-corrected chi connectivity index (χ1v) is 6.40. The Hall–Kier alpha value is -2.53. The van der Waals surface area contributed by atoms with Gasteiger partial charge in [-0.2, -0.15) is 0 Å². The largest absolute Gasteiger partial charge is 0.362 e. The number of halogens is 1. The molecule has 0 fully saturated rings. The number of aromatic amines is 1. The minimum absolute atomic E-state index is 0.291. The van der Waals surface area contributed by atoms with Crippen molar-refractivity contribution in [3.05, 3.63) is 70.1 Å². The molecule has 0 bridgehead atoms. The smallest absolute Gasteiger partial charge is 0.139 e. The second-order valence-electron chi connectivity index (χ2n) is 4.47. The monoisotopic (exact) mass is 265 g/mol. The normalized spacial score (nSPS) is 12.2. The Morgan fingerprint density at radius 1 is 1.35 bits per heavy atom. The lowest BCUT2D eigenvalue weighted by Crippen LogP contribution is -2.22. The molecule has 1 aromatic carbocycles. The Balaban J connectivity index is 2.61. The number of aromatic nitrogens is 1. The molecule has 0 amide bonds. The van der Waals surface area contributed by atoms with E-state index in [0.717, 1.165) is 21.7 Å². The Morgan fingerprint density at radius 2 is 2.15 bits per heavy atom. The third kappa shape index (κ3) is 2.89. The molecule has 0 aliphatic carbocycles. The van der Waals surface area contributed by atoms with Gasteiger partial charge in [-0.15, -0.1) is 0 Å². The number of benzene rings is 1. The number of rotatable bonds is 1. The standard InChI is InChI=1S/C18H16FN/c1-4-6-15(17-11-12-20-14(17)3)9-10-16-13(2)7-5-8-18(16)19/h4-8,11-12,20H,3H2,1-2H3/b6-4-,17-15+. The number of aryl methyl sites for hydroxylation is 1. The van der Waals surface area contributed by atoms with Gasteiger partial charge in [0.2, 0.25) is 0 Å². The van der Waals surface area contributed by atoms with E-state index in [1.807, 2.05) is 44.3 Å². The van der Waals surface area contributed by atoms with E-state index < -0.39 is 0 Å². The maximum absolute atomic E-state index is 13.8. The number of allylic oxidation sites excluding steroid dienone is 2. The van der Waals surface area contributed by atoms with Crippen molar-refractivity contribution in [1.82, 2.24) is 4.98 Å². The highest BCUT2D eigenvalue weighted by Crippen LogP contribution is 2.11. The highest BCUT2D eigenvalue weighted by Gasteiger charge is 2.01. The van der Waals surface area contributed by atoms with Crippen LogP contribution >= 0.6 is 0 Å². The average molecular weight is 265 g/mol. The van der Waals surface area contributed by atoms with E-state index in [1.165, 1.54) is 6.07 Å². The zero-order chi connectivity index (χ0) is 14.5. The lowest BCUT2D eigenvalue weighted by molar-refractivity contribution is 0.623. The highest BCUT2D eigenvalue weighted by atomic mass is 19.1. The maximum atomic E-state index is 13.8. The van der Waals surface area contributed by atoms with E-state index in [1.54, 1.807) is 6.07 Å². The summed E-state index contributed by atoms with van der Waals surface area (Å²) in [6.45, 7) is 7.70. The Morgan fingerprint density at radius 3 is 2.75 bits per heavy atom. The Bertz CT molecular complexity index is 793. The van der Waals surface area contributed by atoms with E-state index in [-0.39, 0.29) is 5.82 Å². The molecular formula is C18H16FN. The number of H-pyrrole nitrogens is 1. The van der Waals surface area contributed by atoms with Crippen LogP contribution in [0.15, 0.2) is 42.6 Å². The van der Waals surface area contributed by atoms with Crippen molar-refractivity contribution in [3.8, 4) is 11.8 Å². The van der Waals surface area contributed by atoms with Crippen molar-refractivity contribution in [3.63, 3.8) is 0 Å². The molecule has 0 spiro atoms. The summed E-state index contributed by atoms with van der Waals surface area (Å²) in [6.07, 6.45) is 5.63. The van der Waals surface area contributed by atoms with Gasteiger partial charge in [-0.3, -0.25) is 0 Å². The van der Waals surface area contributed by atoms with Crippen LogP contribution in [-0.2, 0) is 0 Å². The van der Waals surface area contributed by atoms with Crippen molar-refractivity contribution in [2.45, 2.75) is 13.8 Å². The van der Waals surface area contributed by atoms with Crippen LogP contribution in [0.25, 0.3) is 12.2 Å². The molecule has 1 N–H and O–H groups in total. The fraction of sp³-hybridized carbons (Fsp3) is 0.111. The van der Waals surface area contributed by atoms with Crippen LogP contribution < -0.4 is 10.6 Å². The third-order valence-electron chi connectivity index (χ3n) is 3.00. The summed E-state index contributed by atoms with van der Waals surface area (Å²) in [5.41, 5.74) is 2.10. The van der Waals surface area contributed by atoms with E-state index in [0.29, 0.717) is 5.56 Å². The van der Waals surface area contributed by atoms with Gasteiger partial charge < -0.3 is 4.98 Å². The number of hydrogen-bond donors (Lipinski definition) is 1. The minimum Gasteiger partial charge on any atom is -0.362 e. The molecule has 0 radical (unpaired) electrons. The second kappa shape index (κ2) is 6.08. The van der Waals surface area contributed by atoms with E-state index in [2.05, 4.69) is 23.4 Å². The summed E-state index contributed by atoms with van der Waals surface area (Å²) in [7, 11) is 0. The molecule has 0 saturated carbocycles. The first-order valence-electron chi connectivity index (χ1n) is 6.40. The summed E-state index contributed by atoms with van der Waals surface area (Å²) in [4.78, 5) is 3.02. The zero-order valence-corrected chi connectivity index (χ0v) is 11.6. The summed E-state index contributed by atoms with van der Waals surface area (Å²) in [6, 6.07) is 6.88. The van der Waals surface area contributed by atoms with E-state index in [9.17, 15) is 4.39 Å². The lowest BCUT2D eigenvalue weighted by Gasteiger charge is -1.98. The van der Waals surface area contributed by atoms with Gasteiger partial charge in [-0.25, -0.2) is 4.39 Å². The molecule has 20 heavy (non-hydrogen) atoms. The molecule has 100 valence electrons. The lowest BCUT2D eigenvalue weighted by atomic mass is 10.1. The number of nitrogens with one attached hydrogen (secondary N) is 1. The Labute approximate surface area is 118 Å². The van der Waals surface area contributed by atoms with Crippen LogP contribution in [0.2, 0.25) is 0 Å². The first kappa shape index (κ1) is 13.9. The molecule has 2 rings (SSSR count). The fourth-order valence-electron chi connectivity index (χ4n) is 1.94. The highest BCUT2D eigenvalue weighted by molar-refractivity contribution is 5.73. The van der Waals surface area contributed by atoms with Gasteiger partial charge in [0.15, 0.2) is 0 Å². The van der Waals surface area contributed by atoms with Crippen LogP contribution in [0.5, 0.6) is 0 Å². The quantitative estimate of drug-likeness (QED) is 0.763. The van der Waals surface area contributed by atoms with E-state index >= 15 is 0 Å². The van der Waals surface area contributed by atoms with Gasteiger partial charge in [0.1, 0.15) is 5.82 Å². The third-order valence-corrected chi connectivity index (χ3v) is 3.00. The van der Waals surface area contributed by atoms with Crippen molar-refractivity contribution >= 4 is 12.2 Å². The molecule has 1 aromatic heterocycles. The summed E-state index contributed by atoms with van der Waals surface area (Å²) in [5, 5.41) is 1.74. The molecule has 2 aromatic rings. The molecule has 0 unspecified atom stereocenters. The van der Waals surface area contributed by atoms with Crippen molar-refractivity contribution in [2.75, 3.05) is 0 Å². The van der Waals surface area contributed by atoms with Gasteiger partial charge in [-0.05, 0) is 31.5 Å². The zero-order valence-electron chi connectivity index (χ0n) is 11.6. The van der Waals surface area contributed by atoms with Gasteiger partial charge in [0, 0.05) is 22.3 Å². The molecule has 1 heterocycles. The SMILES string of the molecule is C=c1[nH]cc/c1=C(C#Cc1c(C)cccc1F)/C=C\C. The average Bonchev–Trinajstić information content (AvgIpc) is 2.83. The first-order chi connectivity index (χ1) is 9.63. The predicted octanol–water partition coefficient (Wildman–Crippen LogP) is 2.65. The molecule has 0 atom stereocenters. The fourth-order valence-corrected chi connectivity index (χ4v) is 1.94. The number of hydrogen-bond acceptors (Lipinski definition) is 0. The molecular weight excluding hydrogens is 249 g/mol. The molecule has 0 aliphatic rings. The van der Waals surface area contributed by atoms with Gasteiger partial charge >= 0.3 is 0 Å². The second-order valence-corrected chi connectivity index (χ2v) is 4.47. The van der Waals surface area contributed by atoms with Crippen molar-refractivity contribution in [2.24, 2.45) is 0 Å². The summed E-state index contributed by atoms with van der Waals surface area (Å²) < 4.78 is 13.8. The van der Waals surface area contributed by atoms with Crippen LogP contribution in [0.1, 0.15) is 18.1 Å². The van der Waals surface area contributed by atoms with Gasteiger partial charge in [0.25, 0.3) is 0 Å². The van der Waals surface area contributed by atoms with Gasteiger partial charge in [0.05, 0.1) is 5.56 Å². The topological polar surface area (TPSA) is 15.8 Å². The van der Waals surface area contributed by atoms with E-state index in [4.69, 9.17) is 0 Å². The summed E-state index contributed by atoms with van der Waals surface area (Å²) >= 11 is 0. The molecule has 0 saturated heterocycles. The van der Waals surface area contributed by atoms with Crippen LogP contribution in [0.4, 0.5) is 4.39 Å². The molecule has 2 heteroatoms. The van der Waals surface area contributed by atoms with Crippen LogP contribution in [-0.4, -0.2) is 4.98 Å². The molecule has 0 aliphatic heterocycles. The Kier molecular flexibility index (Phi) is 4.22.